The molecule has 0 saturated heterocycles. The van der Waals surface area contributed by atoms with Gasteiger partial charge >= 0.3 is 0 Å². The van der Waals surface area contributed by atoms with Gasteiger partial charge in [-0.3, -0.25) is 4.79 Å². The summed E-state index contributed by atoms with van der Waals surface area (Å²) < 4.78 is 10.8. The number of carbonyl (C=O) groups excluding carboxylic acids is 1. The molecule has 1 atom stereocenters. The van der Waals surface area contributed by atoms with Gasteiger partial charge in [0.15, 0.2) is 0 Å². The van der Waals surface area contributed by atoms with Crippen LogP contribution in [0.1, 0.15) is 36.4 Å². The van der Waals surface area contributed by atoms with Crippen LogP contribution >= 0.6 is 0 Å². The van der Waals surface area contributed by atoms with Crippen molar-refractivity contribution in [2.75, 3.05) is 0 Å². The molecule has 0 unspecified atom stereocenters. The summed E-state index contributed by atoms with van der Waals surface area (Å²) in [5.74, 6) is 1.38. The molecular formula is C16H19NO3. The Labute approximate surface area is 118 Å². The summed E-state index contributed by atoms with van der Waals surface area (Å²) in [6.45, 7) is 4.47. The number of amides is 1. The Bertz CT molecular complexity index is 531. The van der Waals surface area contributed by atoms with Gasteiger partial charge in [0.05, 0.1) is 18.9 Å². The SMILES string of the molecule is CC[C@@H](C)Oc1ccc(C(=O)NCc2ccco2)cc1. The second-order valence-electron chi connectivity index (χ2n) is 4.62. The number of hydrogen-bond acceptors (Lipinski definition) is 3. The minimum Gasteiger partial charge on any atom is -0.491 e. The summed E-state index contributed by atoms with van der Waals surface area (Å²) in [5, 5.41) is 2.80. The molecule has 0 aliphatic rings. The maximum Gasteiger partial charge on any atom is 0.251 e. The highest BCUT2D eigenvalue weighted by Crippen LogP contribution is 2.15. The second-order valence-corrected chi connectivity index (χ2v) is 4.62. The fraction of sp³-hybridized carbons (Fsp3) is 0.312. The Morgan fingerprint density at radius 2 is 2.05 bits per heavy atom. The molecular weight excluding hydrogens is 254 g/mol. The molecule has 106 valence electrons. The molecule has 0 spiro atoms. The zero-order valence-electron chi connectivity index (χ0n) is 11.8. The fourth-order valence-electron chi connectivity index (χ4n) is 1.68. The lowest BCUT2D eigenvalue weighted by atomic mass is 10.2. The molecule has 1 amide bonds. The van der Waals surface area contributed by atoms with E-state index in [-0.39, 0.29) is 12.0 Å². The van der Waals surface area contributed by atoms with E-state index in [0.29, 0.717) is 12.1 Å². The Kier molecular flexibility index (Phi) is 4.82. The number of rotatable bonds is 6. The third kappa shape index (κ3) is 3.88. The van der Waals surface area contributed by atoms with E-state index in [2.05, 4.69) is 12.2 Å². The van der Waals surface area contributed by atoms with Crippen molar-refractivity contribution in [3.05, 3.63) is 54.0 Å². The normalized spacial score (nSPS) is 11.9. The Morgan fingerprint density at radius 1 is 1.30 bits per heavy atom. The molecule has 4 nitrogen and oxygen atoms in total. The van der Waals surface area contributed by atoms with Gasteiger partial charge in [-0.1, -0.05) is 6.92 Å². The van der Waals surface area contributed by atoms with E-state index in [1.54, 1.807) is 24.5 Å². The van der Waals surface area contributed by atoms with Gasteiger partial charge < -0.3 is 14.5 Å². The first kappa shape index (κ1) is 14.2. The van der Waals surface area contributed by atoms with Crippen LogP contribution in [0.15, 0.2) is 47.1 Å². The Balaban J connectivity index is 1.90. The van der Waals surface area contributed by atoms with Crippen LogP contribution in [-0.4, -0.2) is 12.0 Å². The standard InChI is InChI=1S/C16H19NO3/c1-3-12(2)20-14-8-6-13(7-9-14)16(18)17-11-15-5-4-10-19-15/h4-10,12H,3,11H2,1-2H3,(H,17,18)/t12-/m1/s1. The highest BCUT2D eigenvalue weighted by molar-refractivity contribution is 5.94. The van der Waals surface area contributed by atoms with Crippen molar-refractivity contribution in [2.45, 2.75) is 32.9 Å². The minimum absolute atomic E-state index is 0.128. The second kappa shape index (κ2) is 6.80. The fourth-order valence-corrected chi connectivity index (χ4v) is 1.68. The molecule has 1 N–H and O–H groups in total. The van der Waals surface area contributed by atoms with Crippen LogP contribution < -0.4 is 10.1 Å². The zero-order valence-corrected chi connectivity index (χ0v) is 11.8. The van der Waals surface area contributed by atoms with Gasteiger partial charge in [0.25, 0.3) is 5.91 Å². The summed E-state index contributed by atoms with van der Waals surface area (Å²) in [4.78, 5) is 11.9. The van der Waals surface area contributed by atoms with Crippen molar-refractivity contribution in [1.82, 2.24) is 5.32 Å². The van der Waals surface area contributed by atoms with Crippen LogP contribution in [0.5, 0.6) is 5.75 Å². The quantitative estimate of drug-likeness (QED) is 0.877. The van der Waals surface area contributed by atoms with Crippen molar-refractivity contribution in [3.8, 4) is 5.75 Å². The van der Waals surface area contributed by atoms with Gasteiger partial charge in [-0.05, 0) is 49.7 Å². The molecule has 1 aromatic heterocycles. The van der Waals surface area contributed by atoms with Crippen LogP contribution in [0.4, 0.5) is 0 Å². The molecule has 4 heteroatoms. The van der Waals surface area contributed by atoms with E-state index < -0.39 is 0 Å². The monoisotopic (exact) mass is 273 g/mol. The number of carbonyl (C=O) groups is 1. The zero-order chi connectivity index (χ0) is 14.4. The summed E-state index contributed by atoms with van der Waals surface area (Å²) in [5.41, 5.74) is 0.605. The van der Waals surface area contributed by atoms with Crippen LogP contribution in [0, 0.1) is 0 Å². The third-order valence-corrected chi connectivity index (χ3v) is 3.03. The molecule has 0 aliphatic carbocycles. The number of furan rings is 1. The first-order valence-corrected chi connectivity index (χ1v) is 6.76. The minimum atomic E-state index is -0.128. The van der Waals surface area contributed by atoms with Crippen molar-refractivity contribution in [3.63, 3.8) is 0 Å². The molecule has 20 heavy (non-hydrogen) atoms. The van der Waals surface area contributed by atoms with Crippen LogP contribution in [0.25, 0.3) is 0 Å². The lowest BCUT2D eigenvalue weighted by Crippen LogP contribution is -2.22. The van der Waals surface area contributed by atoms with Crippen molar-refractivity contribution < 1.29 is 13.9 Å². The average Bonchev–Trinajstić information content (AvgIpc) is 2.98. The van der Waals surface area contributed by atoms with Crippen LogP contribution in [-0.2, 0) is 6.54 Å². The van der Waals surface area contributed by atoms with Gasteiger partial charge in [-0.15, -0.1) is 0 Å². The highest BCUT2D eigenvalue weighted by Gasteiger charge is 2.07. The van der Waals surface area contributed by atoms with Gasteiger partial charge in [0.1, 0.15) is 11.5 Å². The average molecular weight is 273 g/mol. The summed E-state index contributed by atoms with van der Waals surface area (Å²) in [7, 11) is 0. The molecule has 1 aromatic carbocycles. The molecule has 0 radical (unpaired) electrons. The lowest BCUT2D eigenvalue weighted by molar-refractivity contribution is 0.0948. The molecule has 0 bridgehead atoms. The summed E-state index contributed by atoms with van der Waals surface area (Å²) in [6, 6.07) is 10.8. The number of benzene rings is 1. The molecule has 0 saturated carbocycles. The molecule has 2 rings (SSSR count). The van der Waals surface area contributed by atoms with Gasteiger partial charge in [-0.25, -0.2) is 0 Å². The van der Waals surface area contributed by atoms with E-state index in [9.17, 15) is 4.79 Å². The first-order valence-electron chi connectivity index (χ1n) is 6.76. The first-order chi connectivity index (χ1) is 9.69. The predicted molar refractivity (Wildman–Crippen MR) is 76.7 cm³/mol. The topological polar surface area (TPSA) is 51.5 Å². The van der Waals surface area contributed by atoms with E-state index in [4.69, 9.17) is 9.15 Å². The highest BCUT2D eigenvalue weighted by atomic mass is 16.5. The smallest absolute Gasteiger partial charge is 0.251 e. The molecule has 1 heterocycles. The number of nitrogens with one attached hydrogen (secondary N) is 1. The Hall–Kier alpha value is -2.23. The van der Waals surface area contributed by atoms with Crippen molar-refractivity contribution >= 4 is 5.91 Å². The van der Waals surface area contributed by atoms with Crippen LogP contribution in [0.3, 0.4) is 0 Å². The largest absolute Gasteiger partial charge is 0.491 e. The third-order valence-electron chi connectivity index (χ3n) is 3.03. The molecule has 0 aliphatic heterocycles. The summed E-state index contributed by atoms with van der Waals surface area (Å²) >= 11 is 0. The van der Waals surface area contributed by atoms with E-state index >= 15 is 0 Å². The molecule has 0 fully saturated rings. The number of hydrogen-bond donors (Lipinski definition) is 1. The summed E-state index contributed by atoms with van der Waals surface area (Å²) in [6.07, 6.45) is 2.71. The van der Waals surface area contributed by atoms with Gasteiger partial charge in [0, 0.05) is 5.56 Å². The van der Waals surface area contributed by atoms with Crippen LogP contribution in [0.2, 0.25) is 0 Å². The van der Waals surface area contributed by atoms with Gasteiger partial charge in [-0.2, -0.15) is 0 Å². The van der Waals surface area contributed by atoms with Crippen molar-refractivity contribution in [2.24, 2.45) is 0 Å². The van der Waals surface area contributed by atoms with E-state index in [1.807, 2.05) is 25.1 Å². The lowest BCUT2D eigenvalue weighted by Gasteiger charge is -2.12. The molecule has 2 aromatic rings. The maximum atomic E-state index is 11.9. The van der Waals surface area contributed by atoms with Gasteiger partial charge in [0.2, 0.25) is 0 Å². The number of ether oxygens (including phenoxy) is 1. The Morgan fingerprint density at radius 3 is 2.65 bits per heavy atom. The van der Waals surface area contributed by atoms with E-state index in [0.717, 1.165) is 17.9 Å². The van der Waals surface area contributed by atoms with Crippen molar-refractivity contribution in [1.29, 1.82) is 0 Å². The predicted octanol–water partition coefficient (Wildman–Crippen LogP) is 3.39. The van der Waals surface area contributed by atoms with E-state index in [1.165, 1.54) is 0 Å². The maximum absolute atomic E-state index is 11.9.